The largest absolute Gasteiger partial charge is 0.355 e. The van der Waals surface area contributed by atoms with Gasteiger partial charge in [0.1, 0.15) is 5.15 Å². The molecule has 142 valence electrons. The summed E-state index contributed by atoms with van der Waals surface area (Å²) in [5.41, 5.74) is 3.34. The van der Waals surface area contributed by atoms with Crippen molar-refractivity contribution in [1.29, 1.82) is 0 Å². The van der Waals surface area contributed by atoms with Gasteiger partial charge in [0.05, 0.1) is 11.4 Å². The average molecular weight is 395 g/mol. The number of rotatable bonds is 5. The minimum Gasteiger partial charge on any atom is -0.355 e. The van der Waals surface area contributed by atoms with E-state index in [-0.39, 0.29) is 11.8 Å². The Morgan fingerprint density at radius 1 is 1.07 bits per heavy atom. The van der Waals surface area contributed by atoms with Crippen LogP contribution in [0, 0.1) is 6.92 Å². The number of halogens is 1. The van der Waals surface area contributed by atoms with Crippen LogP contribution in [0.25, 0.3) is 11.8 Å². The molecular weight excluding hydrogens is 376 g/mol. The van der Waals surface area contributed by atoms with Crippen LogP contribution >= 0.6 is 11.6 Å². The fraction of sp³-hybridized carbons (Fsp3) is 0.0952. The van der Waals surface area contributed by atoms with E-state index in [9.17, 15) is 9.59 Å². The summed E-state index contributed by atoms with van der Waals surface area (Å²) in [7, 11) is 1.57. The van der Waals surface area contributed by atoms with Crippen LogP contribution in [-0.4, -0.2) is 28.6 Å². The molecular formula is C21H19ClN4O2. The Hall–Kier alpha value is -3.38. The number of nitrogens with zero attached hydrogens (tertiary/aromatic N) is 2. The Morgan fingerprint density at radius 2 is 1.75 bits per heavy atom. The molecule has 0 fully saturated rings. The SMILES string of the molecule is CNC(=O)c1ccc(NC(=O)/C=C/c2c(C)nn(-c3ccccc3)c2Cl)cc1. The van der Waals surface area contributed by atoms with Crippen molar-refractivity contribution in [2.75, 3.05) is 12.4 Å². The van der Waals surface area contributed by atoms with Crippen molar-refractivity contribution in [2.24, 2.45) is 0 Å². The fourth-order valence-electron chi connectivity index (χ4n) is 2.63. The lowest BCUT2D eigenvalue weighted by atomic mass is 10.2. The number of aryl methyl sites for hydroxylation is 1. The lowest BCUT2D eigenvalue weighted by Gasteiger charge is -2.04. The van der Waals surface area contributed by atoms with E-state index in [1.807, 2.05) is 37.3 Å². The van der Waals surface area contributed by atoms with Gasteiger partial charge in [0.15, 0.2) is 0 Å². The molecule has 28 heavy (non-hydrogen) atoms. The van der Waals surface area contributed by atoms with Crippen LogP contribution in [0.15, 0.2) is 60.7 Å². The van der Waals surface area contributed by atoms with Crippen molar-refractivity contribution in [3.8, 4) is 5.69 Å². The van der Waals surface area contributed by atoms with Gasteiger partial charge in [0.25, 0.3) is 5.91 Å². The normalized spacial score (nSPS) is 10.8. The second-order valence-corrected chi connectivity index (χ2v) is 6.37. The number of amides is 2. The average Bonchev–Trinajstić information content (AvgIpc) is 3.00. The molecule has 3 aromatic rings. The third-order valence-electron chi connectivity index (χ3n) is 4.09. The van der Waals surface area contributed by atoms with Gasteiger partial charge in [0.2, 0.25) is 5.91 Å². The highest BCUT2D eigenvalue weighted by Gasteiger charge is 2.12. The van der Waals surface area contributed by atoms with Gasteiger partial charge in [-0.15, -0.1) is 0 Å². The predicted octanol–water partition coefficient (Wildman–Crippen LogP) is 3.85. The first-order chi connectivity index (χ1) is 13.5. The van der Waals surface area contributed by atoms with E-state index in [2.05, 4.69) is 15.7 Å². The minimum atomic E-state index is -0.310. The van der Waals surface area contributed by atoms with Crippen molar-refractivity contribution in [3.05, 3.63) is 82.6 Å². The highest BCUT2D eigenvalue weighted by molar-refractivity contribution is 6.31. The maximum atomic E-state index is 12.2. The molecule has 0 saturated carbocycles. The van der Waals surface area contributed by atoms with Gasteiger partial charge in [-0.25, -0.2) is 4.68 Å². The van der Waals surface area contributed by atoms with Crippen LogP contribution in [0.5, 0.6) is 0 Å². The summed E-state index contributed by atoms with van der Waals surface area (Å²) in [4.78, 5) is 23.8. The zero-order valence-electron chi connectivity index (χ0n) is 15.4. The lowest BCUT2D eigenvalue weighted by Crippen LogP contribution is -2.17. The topological polar surface area (TPSA) is 76.0 Å². The third-order valence-corrected chi connectivity index (χ3v) is 4.46. The Labute approximate surface area is 167 Å². The van der Waals surface area contributed by atoms with Crippen LogP contribution in [0.4, 0.5) is 5.69 Å². The predicted molar refractivity (Wildman–Crippen MR) is 111 cm³/mol. The summed E-state index contributed by atoms with van der Waals surface area (Å²) >= 11 is 6.45. The molecule has 3 rings (SSSR count). The Morgan fingerprint density at radius 3 is 2.39 bits per heavy atom. The number of para-hydroxylation sites is 1. The van der Waals surface area contributed by atoms with Crippen molar-refractivity contribution in [2.45, 2.75) is 6.92 Å². The van der Waals surface area contributed by atoms with Gasteiger partial charge in [-0.05, 0) is 49.4 Å². The minimum absolute atomic E-state index is 0.182. The first-order valence-corrected chi connectivity index (χ1v) is 8.99. The maximum Gasteiger partial charge on any atom is 0.251 e. The van der Waals surface area contributed by atoms with Gasteiger partial charge < -0.3 is 10.6 Å². The molecule has 0 aliphatic carbocycles. The maximum absolute atomic E-state index is 12.2. The highest BCUT2D eigenvalue weighted by atomic mass is 35.5. The van der Waals surface area contributed by atoms with E-state index in [0.717, 1.165) is 5.69 Å². The van der Waals surface area contributed by atoms with Crippen LogP contribution in [0.3, 0.4) is 0 Å². The second kappa shape index (κ2) is 8.54. The van der Waals surface area contributed by atoms with Gasteiger partial charge in [-0.3, -0.25) is 9.59 Å². The molecule has 2 aromatic carbocycles. The molecule has 0 unspecified atom stereocenters. The van der Waals surface area contributed by atoms with E-state index < -0.39 is 0 Å². The molecule has 0 saturated heterocycles. The Kier molecular flexibility index (Phi) is 5.91. The Bertz CT molecular complexity index is 1020. The zero-order chi connectivity index (χ0) is 20.1. The first kappa shape index (κ1) is 19.4. The van der Waals surface area contributed by atoms with Gasteiger partial charge in [0, 0.05) is 29.9 Å². The number of carbonyl (C=O) groups excluding carboxylic acids is 2. The molecule has 0 atom stereocenters. The quantitative estimate of drug-likeness (QED) is 0.645. The lowest BCUT2D eigenvalue weighted by molar-refractivity contribution is -0.111. The molecule has 6 nitrogen and oxygen atoms in total. The zero-order valence-corrected chi connectivity index (χ0v) is 16.2. The molecule has 1 aromatic heterocycles. The second-order valence-electron chi connectivity index (χ2n) is 6.02. The van der Waals surface area contributed by atoms with Crippen molar-refractivity contribution >= 4 is 35.2 Å². The van der Waals surface area contributed by atoms with Gasteiger partial charge in [-0.2, -0.15) is 5.10 Å². The highest BCUT2D eigenvalue weighted by Crippen LogP contribution is 2.24. The summed E-state index contributed by atoms with van der Waals surface area (Å²) in [6, 6.07) is 16.2. The van der Waals surface area contributed by atoms with Crippen molar-refractivity contribution in [1.82, 2.24) is 15.1 Å². The van der Waals surface area contributed by atoms with E-state index in [1.54, 1.807) is 42.1 Å². The molecule has 0 radical (unpaired) electrons. The van der Waals surface area contributed by atoms with E-state index in [4.69, 9.17) is 11.6 Å². The first-order valence-electron chi connectivity index (χ1n) is 8.61. The summed E-state index contributed by atoms with van der Waals surface area (Å²) in [5, 5.41) is 10.2. The van der Waals surface area contributed by atoms with Crippen molar-refractivity contribution in [3.63, 3.8) is 0 Å². The molecule has 0 bridgehead atoms. The fourth-order valence-corrected chi connectivity index (χ4v) is 2.97. The summed E-state index contributed by atoms with van der Waals surface area (Å²) in [5.74, 6) is -0.492. The molecule has 2 N–H and O–H groups in total. The number of anilines is 1. The van der Waals surface area contributed by atoms with Gasteiger partial charge in [-0.1, -0.05) is 29.8 Å². The molecule has 7 heteroatoms. The number of hydrogen-bond donors (Lipinski definition) is 2. The van der Waals surface area contributed by atoms with Crippen LogP contribution in [0.2, 0.25) is 5.15 Å². The smallest absolute Gasteiger partial charge is 0.251 e. The monoisotopic (exact) mass is 394 g/mol. The third kappa shape index (κ3) is 4.29. The van der Waals surface area contributed by atoms with Crippen LogP contribution in [0.1, 0.15) is 21.6 Å². The summed E-state index contributed by atoms with van der Waals surface area (Å²) < 4.78 is 1.63. The van der Waals surface area contributed by atoms with E-state index in [1.165, 1.54) is 6.08 Å². The van der Waals surface area contributed by atoms with E-state index >= 15 is 0 Å². The number of hydrogen-bond acceptors (Lipinski definition) is 3. The van der Waals surface area contributed by atoms with Crippen LogP contribution < -0.4 is 10.6 Å². The summed E-state index contributed by atoms with van der Waals surface area (Å²) in [6.45, 7) is 1.83. The standard InChI is InChI=1S/C21H19ClN4O2/c1-14-18(20(22)26(25-14)17-6-4-3-5-7-17)12-13-19(27)24-16-10-8-15(9-11-16)21(28)23-2/h3-13H,1-2H3,(H,23,28)(H,24,27)/b13-12+. The summed E-state index contributed by atoms with van der Waals surface area (Å²) in [6.07, 6.45) is 3.04. The number of nitrogens with one attached hydrogen (secondary N) is 2. The molecule has 1 heterocycles. The number of benzene rings is 2. The molecule has 0 aliphatic rings. The van der Waals surface area contributed by atoms with Gasteiger partial charge >= 0.3 is 0 Å². The number of carbonyl (C=O) groups is 2. The van der Waals surface area contributed by atoms with Crippen molar-refractivity contribution < 1.29 is 9.59 Å². The van der Waals surface area contributed by atoms with Crippen LogP contribution in [-0.2, 0) is 4.79 Å². The number of aromatic nitrogens is 2. The van der Waals surface area contributed by atoms with E-state index in [0.29, 0.717) is 27.7 Å². The Balaban J connectivity index is 1.72. The molecule has 2 amide bonds. The molecule has 0 spiro atoms. The molecule has 0 aliphatic heterocycles.